The van der Waals surface area contributed by atoms with Gasteiger partial charge in [-0.1, -0.05) is 12.1 Å². The average Bonchev–Trinajstić information content (AvgIpc) is 2.87. The predicted octanol–water partition coefficient (Wildman–Crippen LogP) is 1.04. The first-order valence-electron chi connectivity index (χ1n) is 4.75. The minimum absolute atomic E-state index is 0.0257. The lowest BCUT2D eigenvalue weighted by atomic mass is 10.2. The second-order valence-electron chi connectivity index (χ2n) is 3.18. The third-order valence-electron chi connectivity index (χ3n) is 2.17. The second kappa shape index (κ2) is 4.40. The fourth-order valence-corrected chi connectivity index (χ4v) is 1.99. The van der Waals surface area contributed by atoms with Crippen LogP contribution in [-0.4, -0.2) is 31.1 Å². The van der Waals surface area contributed by atoms with Gasteiger partial charge in [-0.2, -0.15) is 0 Å². The van der Waals surface area contributed by atoms with Gasteiger partial charge in [-0.3, -0.25) is 0 Å². The van der Waals surface area contributed by atoms with E-state index in [4.69, 9.17) is 5.11 Å². The summed E-state index contributed by atoms with van der Waals surface area (Å²) < 4.78 is 1.58. The number of nitrogens with zero attached hydrogens (tertiary/aromatic N) is 4. The van der Waals surface area contributed by atoms with E-state index in [1.54, 1.807) is 10.2 Å². The van der Waals surface area contributed by atoms with Gasteiger partial charge >= 0.3 is 5.97 Å². The number of hydrogen-bond donors (Lipinski definition) is 1. The number of aromatic carboxylic acids is 1. The molecule has 0 radical (unpaired) electrons. The number of carboxylic acids is 1. The SMILES string of the molecule is CCc1c(C(=O)O)nnn1Cc1cscn1. The summed E-state index contributed by atoms with van der Waals surface area (Å²) in [6.45, 7) is 2.34. The van der Waals surface area contributed by atoms with Crippen LogP contribution < -0.4 is 0 Å². The molecule has 0 aliphatic carbocycles. The fourth-order valence-electron chi connectivity index (χ4n) is 1.44. The van der Waals surface area contributed by atoms with Gasteiger partial charge in [0.1, 0.15) is 0 Å². The minimum atomic E-state index is -1.04. The zero-order valence-corrected chi connectivity index (χ0v) is 9.44. The maximum atomic E-state index is 10.9. The Morgan fingerprint density at radius 2 is 2.44 bits per heavy atom. The first-order chi connectivity index (χ1) is 7.72. The quantitative estimate of drug-likeness (QED) is 0.860. The highest BCUT2D eigenvalue weighted by Gasteiger charge is 2.17. The van der Waals surface area contributed by atoms with E-state index in [1.165, 1.54) is 11.3 Å². The lowest BCUT2D eigenvalue weighted by molar-refractivity contribution is 0.0689. The van der Waals surface area contributed by atoms with Crippen LogP contribution in [-0.2, 0) is 13.0 Å². The largest absolute Gasteiger partial charge is 0.476 e. The van der Waals surface area contributed by atoms with Gasteiger partial charge < -0.3 is 5.11 Å². The van der Waals surface area contributed by atoms with Crippen LogP contribution in [0, 0.1) is 0 Å². The highest BCUT2D eigenvalue weighted by atomic mass is 32.1. The van der Waals surface area contributed by atoms with Crippen molar-refractivity contribution in [3.8, 4) is 0 Å². The van der Waals surface area contributed by atoms with Gasteiger partial charge in [0.25, 0.3) is 0 Å². The fraction of sp³-hybridized carbons (Fsp3) is 0.333. The van der Waals surface area contributed by atoms with Gasteiger partial charge in [-0.05, 0) is 6.42 Å². The zero-order valence-electron chi connectivity index (χ0n) is 8.62. The van der Waals surface area contributed by atoms with Crippen molar-refractivity contribution in [1.29, 1.82) is 0 Å². The minimum Gasteiger partial charge on any atom is -0.476 e. The Kier molecular flexibility index (Phi) is 2.95. The molecule has 2 heterocycles. The molecule has 6 nitrogen and oxygen atoms in total. The van der Waals surface area contributed by atoms with Crippen LogP contribution in [0.15, 0.2) is 10.9 Å². The molecule has 16 heavy (non-hydrogen) atoms. The van der Waals surface area contributed by atoms with E-state index in [0.717, 1.165) is 5.69 Å². The highest BCUT2D eigenvalue weighted by Crippen LogP contribution is 2.10. The van der Waals surface area contributed by atoms with Crippen LogP contribution in [0.2, 0.25) is 0 Å². The van der Waals surface area contributed by atoms with E-state index in [-0.39, 0.29) is 5.69 Å². The summed E-state index contributed by atoms with van der Waals surface area (Å²) in [5.41, 5.74) is 3.25. The number of carboxylic acid groups (broad SMARTS) is 1. The standard InChI is InChI=1S/C9H10N4O2S/c1-2-7-8(9(14)15)11-12-13(7)3-6-4-16-5-10-6/h4-5H,2-3H2,1H3,(H,14,15). The maximum absolute atomic E-state index is 10.9. The molecule has 0 fully saturated rings. The van der Waals surface area contributed by atoms with E-state index < -0.39 is 5.97 Å². The van der Waals surface area contributed by atoms with E-state index in [0.29, 0.717) is 18.7 Å². The molecular formula is C9H10N4O2S. The maximum Gasteiger partial charge on any atom is 0.358 e. The van der Waals surface area contributed by atoms with Crippen molar-refractivity contribution in [1.82, 2.24) is 20.0 Å². The Balaban J connectivity index is 2.31. The van der Waals surface area contributed by atoms with E-state index in [9.17, 15) is 4.79 Å². The molecule has 1 N–H and O–H groups in total. The number of thiazole rings is 1. The molecule has 0 amide bonds. The van der Waals surface area contributed by atoms with Gasteiger partial charge in [0.15, 0.2) is 5.69 Å². The lowest BCUT2D eigenvalue weighted by Crippen LogP contribution is -2.08. The van der Waals surface area contributed by atoms with Crippen LogP contribution in [0.25, 0.3) is 0 Å². The predicted molar refractivity (Wildman–Crippen MR) is 57.6 cm³/mol. The first kappa shape index (κ1) is 10.7. The molecule has 0 unspecified atom stereocenters. The Hall–Kier alpha value is -1.76. The molecule has 0 bridgehead atoms. The number of hydrogen-bond acceptors (Lipinski definition) is 5. The molecule has 0 aromatic carbocycles. The third-order valence-corrected chi connectivity index (χ3v) is 2.81. The molecule has 2 rings (SSSR count). The van der Waals surface area contributed by atoms with E-state index in [1.807, 2.05) is 12.3 Å². The summed E-state index contributed by atoms with van der Waals surface area (Å²) in [6.07, 6.45) is 0.582. The molecule has 0 aliphatic heterocycles. The van der Waals surface area contributed by atoms with E-state index >= 15 is 0 Å². The third kappa shape index (κ3) is 1.94. The van der Waals surface area contributed by atoms with Gasteiger partial charge in [-0.15, -0.1) is 16.4 Å². The Morgan fingerprint density at radius 1 is 1.62 bits per heavy atom. The highest BCUT2D eigenvalue weighted by molar-refractivity contribution is 7.07. The van der Waals surface area contributed by atoms with Gasteiger partial charge in [-0.25, -0.2) is 14.5 Å². The molecule has 0 spiro atoms. The Morgan fingerprint density at radius 3 is 3.00 bits per heavy atom. The van der Waals surface area contributed by atoms with Crippen LogP contribution in [0.5, 0.6) is 0 Å². The van der Waals surface area contributed by atoms with Crippen molar-refractivity contribution in [2.45, 2.75) is 19.9 Å². The van der Waals surface area contributed by atoms with Crippen molar-refractivity contribution in [2.75, 3.05) is 0 Å². The summed E-state index contributed by atoms with van der Waals surface area (Å²) in [6, 6.07) is 0. The Labute approximate surface area is 95.6 Å². The average molecular weight is 238 g/mol. The monoisotopic (exact) mass is 238 g/mol. The van der Waals surface area contributed by atoms with Crippen molar-refractivity contribution >= 4 is 17.3 Å². The molecule has 0 atom stereocenters. The molecule has 0 saturated heterocycles. The van der Waals surface area contributed by atoms with Crippen LogP contribution in [0.4, 0.5) is 0 Å². The summed E-state index contributed by atoms with van der Waals surface area (Å²) >= 11 is 1.50. The molecular weight excluding hydrogens is 228 g/mol. The zero-order chi connectivity index (χ0) is 11.5. The van der Waals surface area contributed by atoms with Crippen molar-refractivity contribution < 1.29 is 9.90 Å². The van der Waals surface area contributed by atoms with Crippen LogP contribution in [0.3, 0.4) is 0 Å². The van der Waals surface area contributed by atoms with Crippen LogP contribution in [0.1, 0.15) is 28.8 Å². The van der Waals surface area contributed by atoms with Gasteiger partial charge in [0, 0.05) is 5.38 Å². The molecule has 2 aromatic rings. The second-order valence-corrected chi connectivity index (χ2v) is 3.90. The van der Waals surface area contributed by atoms with E-state index in [2.05, 4.69) is 15.3 Å². The number of aromatic nitrogens is 4. The first-order valence-corrected chi connectivity index (χ1v) is 5.69. The normalized spacial score (nSPS) is 10.6. The molecule has 0 saturated carbocycles. The summed E-state index contributed by atoms with van der Waals surface area (Å²) in [7, 11) is 0. The van der Waals surface area contributed by atoms with Crippen molar-refractivity contribution in [3.05, 3.63) is 28.0 Å². The smallest absolute Gasteiger partial charge is 0.358 e. The molecule has 84 valence electrons. The van der Waals surface area contributed by atoms with Crippen LogP contribution >= 0.6 is 11.3 Å². The molecule has 0 aliphatic rings. The lowest BCUT2D eigenvalue weighted by Gasteiger charge is -2.02. The molecule has 7 heteroatoms. The summed E-state index contributed by atoms with van der Waals surface area (Å²) in [5.74, 6) is -1.04. The Bertz CT molecular complexity index is 492. The summed E-state index contributed by atoms with van der Waals surface area (Å²) in [5, 5.41) is 18.3. The number of rotatable bonds is 4. The molecule has 2 aromatic heterocycles. The van der Waals surface area contributed by atoms with Gasteiger partial charge in [0.2, 0.25) is 0 Å². The number of carbonyl (C=O) groups is 1. The summed E-state index contributed by atoms with van der Waals surface area (Å²) in [4.78, 5) is 15.0. The van der Waals surface area contributed by atoms with Gasteiger partial charge in [0.05, 0.1) is 23.4 Å². The van der Waals surface area contributed by atoms with Crippen molar-refractivity contribution in [3.63, 3.8) is 0 Å². The van der Waals surface area contributed by atoms with Crippen molar-refractivity contribution in [2.24, 2.45) is 0 Å². The topological polar surface area (TPSA) is 80.9 Å².